The number of nitrogens with zero attached hydrogens (tertiary/aromatic N) is 1. The molecule has 1 aromatic carbocycles. The molecule has 0 unspecified atom stereocenters. The second-order valence-electron chi connectivity index (χ2n) is 4.77. The number of benzene rings is 1. The lowest BCUT2D eigenvalue weighted by Crippen LogP contribution is -2.39. The molecule has 3 N–H and O–H groups in total. The number of hydrogen-bond acceptors (Lipinski definition) is 2. The summed E-state index contributed by atoms with van der Waals surface area (Å²) in [5.41, 5.74) is 0.755. The maximum Gasteiger partial charge on any atom is 0.191 e. The summed E-state index contributed by atoms with van der Waals surface area (Å²) in [5, 5.41) is 15.5. The first-order chi connectivity index (χ1) is 9.60. The summed E-state index contributed by atoms with van der Waals surface area (Å²) >= 11 is 0. The van der Waals surface area contributed by atoms with Gasteiger partial charge < -0.3 is 15.7 Å². The molecule has 4 nitrogen and oxygen atoms in total. The smallest absolute Gasteiger partial charge is 0.191 e. The molecule has 0 spiro atoms. The molecule has 1 rings (SSSR count). The molecule has 0 fully saturated rings. The van der Waals surface area contributed by atoms with E-state index >= 15 is 0 Å². The monoisotopic (exact) mass is 281 g/mol. The Morgan fingerprint density at radius 2 is 2.00 bits per heavy atom. The number of phenolic OH excluding ortho intramolecular Hbond substituents is 1. The van der Waals surface area contributed by atoms with E-state index in [1.807, 2.05) is 0 Å². The van der Waals surface area contributed by atoms with Gasteiger partial charge in [0.05, 0.1) is 0 Å². The van der Waals surface area contributed by atoms with Crippen LogP contribution < -0.4 is 10.6 Å². The predicted octanol–water partition coefficient (Wildman–Crippen LogP) is 2.63. The number of rotatable bonds is 6. The van der Waals surface area contributed by atoms with Crippen LogP contribution in [0.1, 0.15) is 32.3 Å². The molecule has 5 heteroatoms. The summed E-state index contributed by atoms with van der Waals surface area (Å²) in [4.78, 5) is 4.13. The predicted molar refractivity (Wildman–Crippen MR) is 80.3 cm³/mol. The first-order valence-electron chi connectivity index (χ1n) is 7.02. The van der Waals surface area contributed by atoms with E-state index in [1.54, 1.807) is 13.1 Å². The summed E-state index contributed by atoms with van der Waals surface area (Å²) < 4.78 is 13.2. The van der Waals surface area contributed by atoms with Crippen molar-refractivity contribution >= 4 is 5.96 Å². The fourth-order valence-corrected chi connectivity index (χ4v) is 1.89. The maximum atomic E-state index is 13.2. The zero-order valence-corrected chi connectivity index (χ0v) is 12.4. The van der Waals surface area contributed by atoms with E-state index in [4.69, 9.17) is 5.11 Å². The van der Waals surface area contributed by atoms with Gasteiger partial charge >= 0.3 is 0 Å². The van der Waals surface area contributed by atoms with Crippen LogP contribution in [0.3, 0.4) is 0 Å². The molecule has 0 amide bonds. The highest BCUT2D eigenvalue weighted by Gasteiger charge is 2.06. The van der Waals surface area contributed by atoms with Crippen LogP contribution in [0, 0.1) is 11.7 Å². The number of aliphatic imine (C=N–C) groups is 1. The average Bonchev–Trinajstić information content (AvgIpc) is 2.46. The van der Waals surface area contributed by atoms with Crippen LogP contribution in [0.2, 0.25) is 0 Å². The van der Waals surface area contributed by atoms with Crippen LogP contribution in [0.5, 0.6) is 5.75 Å². The van der Waals surface area contributed by atoms with E-state index in [9.17, 15) is 4.39 Å². The Labute approximate surface area is 120 Å². The lowest BCUT2D eigenvalue weighted by atomic mass is 10.0. The Hall–Kier alpha value is -1.78. The zero-order chi connectivity index (χ0) is 15.0. The molecule has 0 aliphatic heterocycles. The molecule has 20 heavy (non-hydrogen) atoms. The Bertz CT molecular complexity index is 445. The number of guanidine groups is 1. The normalized spacial score (nSPS) is 11.8. The minimum absolute atomic E-state index is 0.329. The van der Waals surface area contributed by atoms with Gasteiger partial charge in [0.25, 0.3) is 0 Å². The minimum atomic E-state index is -0.607. The standard InChI is InChI=1S/C15H24FN3O/c1-4-11(5-2)9-18-15(17-3)19-10-12-6-7-14(20)13(16)8-12/h6-8,11,20H,4-5,9-10H2,1-3H3,(H2,17,18,19). The van der Waals surface area contributed by atoms with Crippen LogP contribution >= 0.6 is 0 Å². The van der Waals surface area contributed by atoms with Gasteiger partial charge in [-0.1, -0.05) is 32.8 Å². The fourth-order valence-electron chi connectivity index (χ4n) is 1.89. The second-order valence-corrected chi connectivity index (χ2v) is 4.77. The van der Waals surface area contributed by atoms with Crippen LogP contribution in [0.15, 0.2) is 23.2 Å². The SMILES string of the molecule is CCC(CC)CNC(=NC)NCc1ccc(O)c(F)c1. The zero-order valence-electron chi connectivity index (χ0n) is 12.4. The van der Waals surface area contributed by atoms with Crippen molar-refractivity contribution in [2.24, 2.45) is 10.9 Å². The minimum Gasteiger partial charge on any atom is -0.505 e. The first kappa shape index (κ1) is 16.3. The topological polar surface area (TPSA) is 56.7 Å². The van der Waals surface area contributed by atoms with Gasteiger partial charge in [0.1, 0.15) is 0 Å². The molecule has 0 radical (unpaired) electrons. The third kappa shape index (κ3) is 5.07. The quantitative estimate of drug-likeness (QED) is 0.555. The number of phenols is 1. The Morgan fingerprint density at radius 3 is 2.55 bits per heavy atom. The van der Waals surface area contributed by atoms with Crippen molar-refractivity contribution in [2.75, 3.05) is 13.6 Å². The number of halogens is 1. The third-order valence-electron chi connectivity index (χ3n) is 3.41. The third-order valence-corrected chi connectivity index (χ3v) is 3.41. The van der Waals surface area contributed by atoms with Gasteiger partial charge in [-0.05, 0) is 23.6 Å². The lowest BCUT2D eigenvalue weighted by Gasteiger charge is -2.16. The molecule has 0 saturated carbocycles. The summed E-state index contributed by atoms with van der Waals surface area (Å²) in [6.07, 6.45) is 2.26. The molecular formula is C15H24FN3O. The number of aromatic hydroxyl groups is 1. The van der Waals surface area contributed by atoms with Crippen molar-refractivity contribution in [3.63, 3.8) is 0 Å². The molecule has 1 aromatic rings. The molecule has 0 saturated heterocycles. The molecule has 0 bridgehead atoms. The second kappa shape index (κ2) is 8.40. The highest BCUT2D eigenvalue weighted by Crippen LogP contribution is 2.15. The number of hydrogen-bond donors (Lipinski definition) is 3. The van der Waals surface area contributed by atoms with Crippen molar-refractivity contribution in [2.45, 2.75) is 33.2 Å². The van der Waals surface area contributed by atoms with E-state index in [1.165, 1.54) is 12.1 Å². The largest absolute Gasteiger partial charge is 0.505 e. The van der Waals surface area contributed by atoms with E-state index < -0.39 is 5.82 Å². The summed E-state index contributed by atoms with van der Waals surface area (Å²) in [6.45, 7) is 5.67. The summed E-state index contributed by atoms with van der Waals surface area (Å²) in [6, 6.07) is 4.35. The van der Waals surface area contributed by atoms with Crippen molar-refractivity contribution < 1.29 is 9.50 Å². The van der Waals surface area contributed by atoms with Gasteiger partial charge in [0.2, 0.25) is 0 Å². The van der Waals surface area contributed by atoms with E-state index in [-0.39, 0.29) is 5.75 Å². The van der Waals surface area contributed by atoms with Gasteiger partial charge in [0, 0.05) is 20.1 Å². The van der Waals surface area contributed by atoms with E-state index in [0.29, 0.717) is 18.4 Å². The van der Waals surface area contributed by atoms with Crippen molar-refractivity contribution in [3.05, 3.63) is 29.6 Å². The Morgan fingerprint density at radius 1 is 1.30 bits per heavy atom. The van der Waals surface area contributed by atoms with Crippen molar-refractivity contribution in [3.8, 4) is 5.75 Å². The lowest BCUT2D eigenvalue weighted by molar-refractivity contribution is 0.431. The molecule has 0 heterocycles. The Kier molecular flexibility index (Phi) is 6.84. The average molecular weight is 281 g/mol. The van der Waals surface area contributed by atoms with Crippen LogP contribution in [-0.2, 0) is 6.54 Å². The van der Waals surface area contributed by atoms with Crippen molar-refractivity contribution in [1.29, 1.82) is 0 Å². The molecular weight excluding hydrogens is 257 g/mol. The van der Waals surface area contributed by atoms with Gasteiger partial charge in [-0.2, -0.15) is 0 Å². The van der Waals surface area contributed by atoms with E-state index in [2.05, 4.69) is 29.5 Å². The van der Waals surface area contributed by atoms with E-state index in [0.717, 1.165) is 24.9 Å². The molecule has 0 aliphatic rings. The summed E-state index contributed by atoms with van der Waals surface area (Å²) in [7, 11) is 1.71. The molecule has 0 aliphatic carbocycles. The van der Waals surface area contributed by atoms with Gasteiger partial charge in [-0.3, -0.25) is 4.99 Å². The van der Waals surface area contributed by atoms with Crippen LogP contribution in [0.25, 0.3) is 0 Å². The highest BCUT2D eigenvalue weighted by molar-refractivity contribution is 5.79. The first-order valence-corrected chi connectivity index (χ1v) is 7.02. The Balaban J connectivity index is 2.47. The molecule has 0 aromatic heterocycles. The van der Waals surface area contributed by atoms with Gasteiger partial charge in [-0.25, -0.2) is 4.39 Å². The summed E-state index contributed by atoms with van der Waals surface area (Å²) in [5.74, 6) is 0.388. The van der Waals surface area contributed by atoms with Gasteiger partial charge in [-0.15, -0.1) is 0 Å². The highest BCUT2D eigenvalue weighted by atomic mass is 19.1. The number of nitrogens with one attached hydrogen (secondary N) is 2. The fraction of sp³-hybridized carbons (Fsp3) is 0.533. The van der Waals surface area contributed by atoms with Crippen molar-refractivity contribution in [1.82, 2.24) is 10.6 Å². The maximum absolute atomic E-state index is 13.2. The van der Waals surface area contributed by atoms with Gasteiger partial charge in [0.15, 0.2) is 17.5 Å². The van der Waals surface area contributed by atoms with Crippen LogP contribution in [0.4, 0.5) is 4.39 Å². The van der Waals surface area contributed by atoms with Crippen LogP contribution in [-0.4, -0.2) is 24.7 Å². The molecule has 0 atom stereocenters. The molecule has 112 valence electrons.